The van der Waals surface area contributed by atoms with Gasteiger partial charge in [-0.1, -0.05) is 89.0 Å². The molecule has 1 atom stereocenters. The summed E-state index contributed by atoms with van der Waals surface area (Å²) in [6.07, 6.45) is 29.8. The minimum absolute atomic E-state index is 0.0603. The maximum atomic E-state index is 11.8. The topological polar surface area (TPSA) is 77.8 Å². The van der Waals surface area contributed by atoms with Crippen LogP contribution < -0.4 is 0 Å². The van der Waals surface area contributed by atoms with Crippen molar-refractivity contribution < 1.29 is 23.9 Å². The highest BCUT2D eigenvalue weighted by atomic mass is 31.2. The van der Waals surface area contributed by atoms with E-state index in [2.05, 4.69) is 31.2 Å². The summed E-state index contributed by atoms with van der Waals surface area (Å²) in [6, 6.07) is 0. The lowest BCUT2D eigenvalue weighted by atomic mass is 10.0. The first-order chi connectivity index (χ1) is 16.0. The van der Waals surface area contributed by atoms with Gasteiger partial charge in [-0.25, -0.2) is 0 Å². The van der Waals surface area contributed by atoms with Crippen LogP contribution in [0.4, 0.5) is 0 Å². The first-order valence-corrected chi connectivity index (χ1v) is 15.5. The molecule has 202 valence electrons. The van der Waals surface area contributed by atoms with Crippen molar-refractivity contribution in [3.63, 3.8) is 0 Å². The molecule has 5 nitrogen and oxygen atoms in total. The van der Waals surface area contributed by atoms with E-state index in [0.29, 0.717) is 10.9 Å². The highest BCUT2D eigenvalue weighted by molar-refractivity contribution is 7.53. The van der Waals surface area contributed by atoms with Gasteiger partial charge in [0.25, 0.3) is 0 Å². The Morgan fingerprint density at radius 1 is 0.647 bits per heavy atom. The van der Waals surface area contributed by atoms with Crippen LogP contribution in [0.1, 0.15) is 122 Å². The summed E-state index contributed by atoms with van der Waals surface area (Å²) in [4.78, 5) is 19.2. The second kappa shape index (κ2) is 19.7. The Labute approximate surface area is 211 Å². The molecule has 0 rings (SSSR count). The summed E-state index contributed by atoms with van der Waals surface area (Å²) in [5.41, 5.74) is 0. The standard InChI is InChI=1S/C28H56NO4P/c1-5-6-7-8-9-10-11-12-13-14-15-16-17-18-19-20-21-22-23-24-25-26-28(30,34(31,32)33)27-29(2,3)4/h6-7,12-13,30H,5,8-11,14-27H2,1-4H3,(H-,31,32,33)/p+1/b7-6-,13-12-. The zero-order valence-corrected chi connectivity index (χ0v) is 23.8. The lowest BCUT2D eigenvalue weighted by Crippen LogP contribution is -2.49. The third-order valence-corrected chi connectivity index (χ3v) is 7.73. The van der Waals surface area contributed by atoms with Gasteiger partial charge in [-0.3, -0.25) is 4.57 Å². The summed E-state index contributed by atoms with van der Waals surface area (Å²) in [6.45, 7) is 2.24. The first-order valence-electron chi connectivity index (χ1n) is 13.9. The Morgan fingerprint density at radius 2 is 1.00 bits per heavy atom. The Kier molecular flexibility index (Phi) is 19.4. The van der Waals surface area contributed by atoms with E-state index in [1.54, 1.807) is 0 Å². The maximum Gasteiger partial charge on any atom is 0.362 e. The predicted octanol–water partition coefficient (Wildman–Crippen LogP) is 7.71. The van der Waals surface area contributed by atoms with Crippen molar-refractivity contribution in [2.75, 3.05) is 27.7 Å². The Balaban J connectivity index is 3.55. The van der Waals surface area contributed by atoms with Crippen LogP contribution in [0.15, 0.2) is 24.3 Å². The highest BCUT2D eigenvalue weighted by Crippen LogP contribution is 2.52. The molecule has 3 N–H and O–H groups in total. The van der Waals surface area contributed by atoms with Gasteiger partial charge in [0.2, 0.25) is 5.34 Å². The average Bonchev–Trinajstić information content (AvgIpc) is 2.73. The third-order valence-electron chi connectivity index (χ3n) is 6.28. The summed E-state index contributed by atoms with van der Waals surface area (Å²) in [5.74, 6) is 0. The molecule has 0 radical (unpaired) electrons. The number of hydrogen-bond donors (Lipinski definition) is 3. The van der Waals surface area contributed by atoms with Gasteiger partial charge in [0, 0.05) is 0 Å². The van der Waals surface area contributed by atoms with Crippen LogP contribution in [0.2, 0.25) is 0 Å². The fraction of sp³-hybridized carbons (Fsp3) is 0.857. The predicted molar refractivity (Wildman–Crippen MR) is 147 cm³/mol. The van der Waals surface area contributed by atoms with Crippen LogP contribution in [0.3, 0.4) is 0 Å². The molecule has 0 aromatic rings. The van der Waals surface area contributed by atoms with Crippen LogP contribution in [0, 0.1) is 0 Å². The monoisotopic (exact) mass is 502 g/mol. The molecule has 1 unspecified atom stereocenters. The fourth-order valence-electron chi connectivity index (χ4n) is 4.38. The lowest BCUT2D eigenvalue weighted by Gasteiger charge is -2.35. The van der Waals surface area contributed by atoms with E-state index in [9.17, 15) is 19.5 Å². The Morgan fingerprint density at radius 3 is 1.38 bits per heavy atom. The van der Waals surface area contributed by atoms with Crippen LogP contribution in [0.25, 0.3) is 0 Å². The normalized spacial score (nSPS) is 14.9. The Bertz CT molecular complexity index is 579. The van der Waals surface area contributed by atoms with Gasteiger partial charge >= 0.3 is 7.60 Å². The summed E-state index contributed by atoms with van der Waals surface area (Å²) in [7, 11) is 0.978. The molecule has 0 bridgehead atoms. The van der Waals surface area contributed by atoms with E-state index in [4.69, 9.17) is 0 Å². The molecule has 0 spiro atoms. The first kappa shape index (κ1) is 33.5. The second-order valence-corrected chi connectivity index (χ2v) is 13.0. The molecular formula is C28H57NO4P+. The lowest BCUT2D eigenvalue weighted by molar-refractivity contribution is -0.875. The summed E-state index contributed by atoms with van der Waals surface area (Å²) >= 11 is 0. The summed E-state index contributed by atoms with van der Waals surface area (Å²) < 4.78 is 12.1. The van der Waals surface area contributed by atoms with Crippen molar-refractivity contribution in [3.8, 4) is 0 Å². The molecule has 34 heavy (non-hydrogen) atoms. The van der Waals surface area contributed by atoms with E-state index in [-0.39, 0.29) is 13.0 Å². The van der Waals surface area contributed by atoms with E-state index in [1.807, 2.05) is 21.1 Å². The molecule has 0 heterocycles. The molecule has 0 fully saturated rings. The summed E-state index contributed by atoms with van der Waals surface area (Å²) in [5, 5.41) is 8.65. The molecule has 0 aromatic carbocycles. The van der Waals surface area contributed by atoms with Crippen molar-refractivity contribution in [1.29, 1.82) is 0 Å². The van der Waals surface area contributed by atoms with E-state index in [1.165, 1.54) is 83.5 Å². The molecule has 0 saturated heterocycles. The van der Waals surface area contributed by atoms with Crippen molar-refractivity contribution in [3.05, 3.63) is 24.3 Å². The number of unbranched alkanes of at least 4 members (excludes halogenated alkanes) is 14. The fourth-order valence-corrected chi connectivity index (χ4v) is 5.44. The van der Waals surface area contributed by atoms with E-state index >= 15 is 0 Å². The van der Waals surface area contributed by atoms with Gasteiger partial charge in [-0.15, -0.1) is 0 Å². The molecule has 0 amide bonds. The highest BCUT2D eigenvalue weighted by Gasteiger charge is 2.48. The zero-order chi connectivity index (χ0) is 25.8. The quantitative estimate of drug-likeness (QED) is 0.0578. The van der Waals surface area contributed by atoms with Gasteiger partial charge < -0.3 is 19.4 Å². The number of rotatable bonds is 23. The van der Waals surface area contributed by atoms with E-state index < -0.39 is 12.9 Å². The average molecular weight is 503 g/mol. The molecule has 0 aliphatic heterocycles. The molecule has 0 aromatic heterocycles. The van der Waals surface area contributed by atoms with Gasteiger partial charge in [-0.05, 0) is 57.8 Å². The van der Waals surface area contributed by atoms with Crippen molar-refractivity contribution in [2.45, 2.75) is 128 Å². The maximum absolute atomic E-state index is 11.8. The van der Waals surface area contributed by atoms with Gasteiger partial charge in [-0.2, -0.15) is 0 Å². The van der Waals surface area contributed by atoms with Crippen molar-refractivity contribution >= 4 is 7.60 Å². The van der Waals surface area contributed by atoms with Gasteiger partial charge in [0.05, 0.1) is 21.1 Å². The molecule has 0 aliphatic rings. The minimum atomic E-state index is -4.55. The molecular weight excluding hydrogens is 445 g/mol. The van der Waals surface area contributed by atoms with Gasteiger partial charge in [0.15, 0.2) is 0 Å². The third kappa shape index (κ3) is 19.8. The second-order valence-electron chi connectivity index (χ2n) is 11.0. The van der Waals surface area contributed by atoms with Gasteiger partial charge in [0.1, 0.15) is 6.54 Å². The molecule has 6 heteroatoms. The number of aliphatic hydroxyl groups is 1. The van der Waals surface area contributed by atoms with Crippen LogP contribution in [-0.4, -0.2) is 52.4 Å². The minimum Gasteiger partial charge on any atom is -0.373 e. The van der Waals surface area contributed by atoms with E-state index in [0.717, 1.165) is 19.3 Å². The SMILES string of the molecule is CC/C=C\CCCC/C=C\CCCCCCCCCCCCCC(O)(C[N+](C)(C)C)P(=O)(O)O. The van der Waals surface area contributed by atoms with Crippen LogP contribution in [0.5, 0.6) is 0 Å². The van der Waals surface area contributed by atoms with Crippen molar-refractivity contribution in [2.24, 2.45) is 0 Å². The number of allylic oxidation sites excluding steroid dienone is 4. The number of hydrogen-bond acceptors (Lipinski definition) is 2. The number of likely N-dealkylation sites (N-methyl/N-ethyl adjacent to an activating group) is 1. The molecule has 0 saturated carbocycles. The largest absolute Gasteiger partial charge is 0.373 e. The Hall–Kier alpha value is -0.450. The van der Waals surface area contributed by atoms with Crippen molar-refractivity contribution in [1.82, 2.24) is 0 Å². The smallest absolute Gasteiger partial charge is 0.362 e. The molecule has 0 aliphatic carbocycles. The number of nitrogens with zero attached hydrogens (tertiary/aromatic N) is 1. The zero-order valence-electron chi connectivity index (χ0n) is 22.9. The number of quaternary nitrogens is 1. The van der Waals surface area contributed by atoms with Crippen LogP contribution in [-0.2, 0) is 4.57 Å². The van der Waals surface area contributed by atoms with Crippen LogP contribution >= 0.6 is 7.60 Å².